The smallest absolute Gasteiger partial charge is 0.237 e. The Morgan fingerprint density at radius 1 is 1.29 bits per heavy atom. The fourth-order valence-corrected chi connectivity index (χ4v) is 3.20. The minimum Gasteiger partial charge on any atom is -0.311 e. The van der Waals surface area contributed by atoms with Crippen LogP contribution in [0.3, 0.4) is 0 Å². The van der Waals surface area contributed by atoms with Gasteiger partial charge in [-0.15, -0.1) is 0 Å². The zero-order valence-electron chi connectivity index (χ0n) is 15.1. The Morgan fingerprint density at radius 3 is 2.33 bits per heavy atom. The molecule has 1 fully saturated rings. The first-order chi connectivity index (χ1) is 11.2. The summed E-state index contributed by atoms with van der Waals surface area (Å²) in [5, 5.41) is 0. The van der Waals surface area contributed by atoms with Gasteiger partial charge in [-0.05, 0) is 30.0 Å². The third-order valence-corrected chi connectivity index (χ3v) is 5.36. The Labute approximate surface area is 144 Å². The monoisotopic (exact) mass is 326 g/mol. The minimum atomic E-state index is -0.497. The average molecular weight is 326 g/mol. The van der Waals surface area contributed by atoms with E-state index in [-0.39, 0.29) is 29.3 Å². The lowest BCUT2D eigenvalue weighted by Gasteiger charge is -2.31. The summed E-state index contributed by atoms with van der Waals surface area (Å²) < 4.78 is 0. The van der Waals surface area contributed by atoms with E-state index in [1.807, 2.05) is 39.8 Å². The second-order valence-electron chi connectivity index (χ2n) is 7.06. The van der Waals surface area contributed by atoms with Crippen molar-refractivity contribution in [3.8, 4) is 0 Å². The molecule has 5 heteroatoms. The zero-order valence-corrected chi connectivity index (χ0v) is 15.1. The lowest BCUT2D eigenvalue weighted by atomic mass is 9.59. The maximum Gasteiger partial charge on any atom is 0.237 e. The average Bonchev–Trinajstić information content (AvgIpc) is 2.87. The molecule has 1 aromatic rings. The molecule has 0 bridgehead atoms. The van der Waals surface area contributed by atoms with E-state index in [2.05, 4.69) is 0 Å². The molecule has 0 aromatic heterocycles. The lowest BCUT2D eigenvalue weighted by Crippen LogP contribution is -2.33. The molecule has 127 valence electrons. The van der Waals surface area contributed by atoms with Gasteiger partial charge in [0.2, 0.25) is 11.8 Å². The molecule has 24 heavy (non-hydrogen) atoms. The zero-order chi connectivity index (χ0) is 18.1. The summed E-state index contributed by atoms with van der Waals surface area (Å²) in [7, 11) is 1.61. The molecule has 0 saturated carbocycles. The van der Waals surface area contributed by atoms with Crippen LogP contribution in [0.1, 0.15) is 52.0 Å². The molecular formula is C19H25BNO3. The Hall–Kier alpha value is -1.91. The van der Waals surface area contributed by atoms with Crippen LogP contribution in [0.4, 0.5) is 5.69 Å². The van der Waals surface area contributed by atoms with Gasteiger partial charge < -0.3 is 4.79 Å². The summed E-state index contributed by atoms with van der Waals surface area (Å²) >= 11 is 0. The summed E-state index contributed by atoms with van der Waals surface area (Å²) in [6, 6.07) is 7.42. The lowest BCUT2D eigenvalue weighted by molar-refractivity contribution is -0.122. The number of anilines is 1. The van der Waals surface area contributed by atoms with Gasteiger partial charge >= 0.3 is 0 Å². The molecule has 2 amide bonds. The number of hydrogen-bond donors (Lipinski definition) is 0. The number of nitrogens with zero attached hydrogens (tertiary/aromatic N) is 1. The van der Waals surface area contributed by atoms with Crippen LogP contribution >= 0.6 is 0 Å². The van der Waals surface area contributed by atoms with Crippen LogP contribution in [-0.2, 0) is 14.4 Å². The first kappa shape index (κ1) is 18.4. The molecule has 1 saturated heterocycles. The van der Waals surface area contributed by atoms with Crippen LogP contribution in [0.25, 0.3) is 0 Å². The number of carbonyl (C=O) groups is 3. The Kier molecular flexibility index (Phi) is 5.31. The summed E-state index contributed by atoms with van der Waals surface area (Å²) in [6.07, 6.45) is 0.974. The van der Waals surface area contributed by atoms with Crippen molar-refractivity contribution < 1.29 is 14.4 Å². The van der Waals surface area contributed by atoms with E-state index in [0.29, 0.717) is 18.5 Å². The highest BCUT2D eigenvalue weighted by Gasteiger charge is 2.38. The van der Waals surface area contributed by atoms with Crippen molar-refractivity contribution in [1.82, 2.24) is 0 Å². The van der Waals surface area contributed by atoms with E-state index in [9.17, 15) is 14.4 Å². The van der Waals surface area contributed by atoms with Gasteiger partial charge in [-0.2, -0.15) is 0 Å². The SMILES string of the molecule is C[B]C(=O)C(C)(C)C(C)c1ccc(N2C(=O)CC(CC)C2=O)cc1. The van der Waals surface area contributed by atoms with Crippen molar-refractivity contribution in [1.29, 1.82) is 0 Å². The fraction of sp³-hybridized carbons (Fsp3) is 0.526. The van der Waals surface area contributed by atoms with Gasteiger partial charge in [0, 0.05) is 17.8 Å². The Bertz CT molecular complexity index is 651. The number of imide groups is 1. The van der Waals surface area contributed by atoms with E-state index >= 15 is 0 Å². The van der Waals surface area contributed by atoms with Gasteiger partial charge in [0.15, 0.2) is 7.28 Å². The van der Waals surface area contributed by atoms with Crippen molar-refractivity contribution in [2.24, 2.45) is 11.3 Å². The normalized spacial score (nSPS) is 19.5. The summed E-state index contributed by atoms with van der Waals surface area (Å²) in [5.74, 6) is -0.417. The largest absolute Gasteiger partial charge is 0.311 e. The van der Waals surface area contributed by atoms with Crippen molar-refractivity contribution in [2.45, 2.75) is 53.3 Å². The minimum absolute atomic E-state index is 0.0311. The predicted octanol–water partition coefficient (Wildman–Crippen LogP) is 3.38. The molecule has 0 N–H and O–H groups in total. The van der Waals surface area contributed by atoms with Crippen molar-refractivity contribution in [3.63, 3.8) is 0 Å². The number of rotatable bonds is 6. The van der Waals surface area contributed by atoms with Gasteiger partial charge in [0.1, 0.15) is 0 Å². The summed E-state index contributed by atoms with van der Waals surface area (Å²) in [4.78, 5) is 37.8. The molecule has 0 aliphatic carbocycles. The van der Waals surface area contributed by atoms with E-state index in [4.69, 9.17) is 0 Å². The molecule has 4 nitrogen and oxygen atoms in total. The predicted molar refractivity (Wildman–Crippen MR) is 96.2 cm³/mol. The third-order valence-electron chi connectivity index (χ3n) is 5.36. The fourth-order valence-electron chi connectivity index (χ4n) is 3.20. The molecule has 1 heterocycles. The summed E-state index contributed by atoms with van der Waals surface area (Å²) in [6.45, 7) is 9.58. The van der Waals surface area contributed by atoms with Crippen LogP contribution in [0, 0.1) is 11.3 Å². The molecule has 2 unspecified atom stereocenters. The standard InChI is InChI=1S/C19H25BNO3/c1-6-13-11-16(22)21(17(13)23)15-9-7-14(8-10-15)12(2)19(3,4)18(24)20-5/h7-10,12-13H,6,11H2,1-5H3. The molecule has 1 aliphatic rings. The van der Waals surface area contributed by atoms with Crippen LogP contribution < -0.4 is 4.90 Å². The van der Waals surface area contributed by atoms with Crippen LogP contribution in [0.5, 0.6) is 0 Å². The highest BCUT2D eigenvalue weighted by atomic mass is 16.2. The molecule has 2 rings (SSSR count). The molecule has 1 aliphatic heterocycles. The van der Waals surface area contributed by atoms with Crippen LogP contribution in [0.15, 0.2) is 24.3 Å². The van der Waals surface area contributed by atoms with Crippen LogP contribution in [0.2, 0.25) is 6.82 Å². The van der Waals surface area contributed by atoms with Gasteiger partial charge in [-0.25, -0.2) is 0 Å². The van der Waals surface area contributed by atoms with E-state index < -0.39 is 5.41 Å². The van der Waals surface area contributed by atoms with Crippen molar-refractivity contribution >= 4 is 30.5 Å². The first-order valence-corrected chi connectivity index (χ1v) is 8.54. The second-order valence-corrected chi connectivity index (χ2v) is 7.06. The molecular weight excluding hydrogens is 301 g/mol. The van der Waals surface area contributed by atoms with Crippen molar-refractivity contribution in [2.75, 3.05) is 4.90 Å². The van der Waals surface area contributed by atoms with Gasteiger partial charge in [-0.1, -0.05) is 46.7 Å². The van der Waals surface area contributed by atoms with Crippen molar-refractivity contribution in [3.05, 3.63) is 29.8 Å². The Balaban J connectivity index is 2.24. The second kappa shape index (κ2) is 6.92. The van der Waals surface area contributed by atoms with E-state index in [1.54, 1.807) is 26.2 Å². The van der Waals surface area contributed by atoms with E-state index in [1.165, 1.54) is 4.90 Å². The number of amides is 2. The third kappa shape index (κ3) is 3.17. The van der Waals surface area contributed by atoms with E-state index in [0.717, 1.165) is 5.56 Å². The number of hydrogen-bond acceptors (Lipinski definition) is 3. The van der Waals surface area contributed by atoms with Gasteiger partial charge in [0.05, 0.1) is 11.4 Å². The topological polar surface area (TPSA) is 54.5 Å². The maximum absolute atomic E-state index is 12.3. The van der Waals surface area contributed by atoms with Gasteiger partial charge in [0.25, 0.3) is 0 Å². The molecule has 1 aromatic carbocycles. The number of benzene rings is 1. The molecule has 0 spiro atoms. The molecule has 2 atom stereocenters. The highest BCUT2D eigenvalue weighted by Crippen LogP contribution is 2.37. The van der Waals surface area contributed by atoms with Crippen LogP contribution in [-0.4, -0.2) is 24.8 Å². The quantitative estimate of drug-likeness (QED) is 0.595. The first-order valence-electron chi connectivity index (χ1n) is 8.54. The Morgan fingerprint density at radius 2 is 1.88 bits per heavy atom. The number of carbonyl (C=O) groups excluding carboxylic acids is 3. The maximum atomic E-state index is 12.3. The summed E-state index contributed by atoms with van der Waals surface area (Å²) in [5.41, 5.74) is 1.24. The highest BCUT2D eigenvalue weighted by molar-refractivity contribution is 6.73. The van der Waals surface area contributed by atoms with Gasteiger partial charge in [-0.3, -0.25) is 14.5 Å². The molecule has 1 radical (unpaired) electrons.